The molecule has 0 aliphatic carbocycles. The van der Waals surface area contributed by atoms with Crippen molar-refractivity contribution in [1.82, 2.24) is 0 Å². The van der Waals surface area contributed by atoms with Gasteiger partial charge in [0.15, 0.2) is 0 Å². The van der Waals surface area contributed by atoms with Gasteiger partial charge in [0, 0.05) is 22.3 Å². The van der Waals surface area contributed by atoms with Gasteiger partial charge in [-0.25, -0.2) is 4.70 Å². The van der Waals surface area contributed by atoms with E-state index in [-0.39, 0.29) is 16.5 Å². The fourth-order valence-electron chi connectivity index (χ4n) is 12.5. The Hall–Kier alpha value is -2.59. The molecule has 0 spiro atoms. The quantitative estimate of drug-likeness (QED) is 0.0274. The van der Waals surface area contributed by atoms with E-state index in [4.69, 9.17) is 0 Å². The van der Waals surface area contributed by atoms with Gasteiger partial charge in [0.25, 0.3) is 0 Å². The topological polar surface area (TPSA) is 53.5 Å². The number of benzene rings is 2. The van der Waals surface area contributed by atoms with E-state index in [0.717, 1.165) is 56.6 Å². The van der Waals surface area contributed by atoms with Crippen molar-refractivity contribution in [1.29, 1.82) is 0 Å². The Labute approximate surface area is 548 Å². The average molecular weight is 1230 g/mol. The van der Waals surface area contributed by atoms with Crippen molar-refractivity contribution < 1.29 is 21.2 Å². The van der Waals surface area contributed by atoms with E-state index in [1.54, 1.807) is 18.8 Å². The Morgan fingerprint density at radius 2 is 0.674 bits per heavy atom. The molecular formula is C81H142N4Ni. The van der Waals surface area contributed by atoms with Crippen molar-refractivity contribution >= 4 is 11.4 Å². The molecule has 0 amide bonds. The van der Waals surface area contributed by atoms with Gasteiger partial charge in [0.1, 0.15) is 0 Å². The van der Waals surface area contributed by atoms with Crippen LogP contribution in [0.2, 0.25) is 0 Å². The molecule has 0 fully saturated rings. The zero-order valence-electron chi connectivity index (χ0n) is 58.8. The Morgan fingerprint density at radius 1 is 0.372 bits per heavy atom. The summed E-state index contributed by atoms with van der Waals surface area (Å²) in [7, 11) is 3.61. The van der Waals surface area contributed by atoms with Crippen molar-refractivity contribution in [3.63, 3.8) is 0 Å². The van der Waals surface area contributed by atoms with E-state index in [1.165, 1.54) is 303 Å². The second-order valence-electron chi connectivity index (χ2n) is 25.8. The first-order chi connectivity index (χ1) is 41.8. The number of nitrogens with zero attached hydrogens (tertiary/aromatic N) is 4. The van der Waals surface area contributed by atoms with Crippen LogP contribution >= 0.6 is 0 Å². The SMILES string of the molecule is CCCCCCCCCCCCCCCCCC=CCC(CCCC)CCc1ccccc1C1=C(C)C(CCCC)=C(c2ccccc2CCC(CC=CCCCCCCCCCCCCCCCCC)CCCC)[N+]1=[N-].CC[N-]C.CC[N-]C.[Ni+2]. The first-order valence-corrected chi connectivity index (χ1v) is 37.3. The van der Waals surface area contributed by atoms with Gasteiger partial charge < -0.3 is 16.2 Å². The third kappa shape index (κ3) is 42.4. The average Bonchev–Trinajstić information content (AvgIpc) is 1.73. The van der Waals surface area contributed by atoms with Crippen LogP contribution in [-0.4, -0.2) is 31.9 Å². The minimum Gasteiger partial charge on any atom is -0.665 e. The summed E-state index contributed by atoms with van der Waals surface area (Å²) >= 11 is 0. The Bertz CT molecular complexity index is 1930. The Morgan fingerprint density at radius 3 is 1.00 bits per heavy atom. The molecule has 86 heavy (non-hydrogen) atoms. The van der Waals surface area contributed by atoms with E-state index in [2.05, 4.69) is 125 Å². The number of hydrogen-bond acceptors (Lipinski definition) is 0. The number of unbranched alkanes of at least 4 members (excludes halogenated alkanes) is 33. The Balaban J connectivity index is 0.00000752. The van der Waals surface area contributed by atoms with Crippen LogP contribution in [0.15, 0.2) is 84.0 Å². The molecule has 1 heterocycles. The van der Waals surface area contributed by atoms with E-state index >= 15 is 0 Å². The van der Waals surface area contributed by atoms with Crippen molar-refractivity contribution in [3.05, 3.63) is 122 Å². The van der Waals surface area contributed by atoms with E-state index < -0.39 is 0 Å². The molecular weight excluding hydrogens is 1090 g/mol. The molecule has 0 radical (unpaired) electrons. The first kappa shape index (κ1) is 83.4. The zero-order chi connectivity index (χ0) is 61.9. The minimum atomic E-state index is 0. The molecule has 1 aliphatic heterocycles. The number of hydrogen-bond donors (Lipinski definition) is 0. The predicted molar refractivity (Wildman–Crippen MR) is 384 cm³/mol. The van der Waals surface area contributed by atoms with Gasteiger partial charge in [-0.2, -0.15) is 27.2 Å². The molecule has 2 aromatic rings. The normalized spacial score (nSPS) is 13.2. The van der Waals surface area contributed by atoms with Crippen molar-refractivity contribution in [2.75, 3.05) is 27.2 Å². The second kappa shape index (κ2) is 62.6. The van der Waals surface area contributed by atoms with Crippen LogP contribution in [0.1, 0.15) is 367 Å². The summed E-state index contributed by atoms with van der Waals surface area (Å²) in [6, 6.07) is 18.1. The van der Waals surface area contributed by atoms with Crippen molar-refractivity contribution in [3.8, 4) is 0 Å². The van der Waals surface area contributed by atoms with Crippen LogP contribution in [-0.2, 0) is 29.3 Å². The summed E-state index contributed by atoms with van der Waals surface area (Å²) in [4.78, 5) is 0. The number of rotatable bonds is 55. The van der Waals surface area contributed by atoms with E-state index in [1.807, 2.05) is 13.8 Å². The monoisotopic (exact) mass is 1230 g/mol. The summed E-state index contributed by atoms with van der Waals surface area (Å²) in [6.07, 6.45) is 73.1. The summed E-state index contributed by atoms with van der Waals surface area (Å²) in [5.41, 5.74) is 22.4. The molecule has 0 saturated carbocycles. The van der Waals surface area contributed by atoms with Crippen LogP contribution in [0.5, 0.6) is 0 Å². The minimum absolute atomic E-state index is 0. The van der Waals surface area contributed by atoms with Gasteiger partial charge in [0.2, 0.25) is 11.4 Å². The third-order valence-corrected chi connectivity index (χ3v) is 18.3. The van der Waals surface area contributed by atoms with Gasteiger partial charge in [-0.15, -0.1) is 0 Å². The standard InChI is InChI=1S/C75H126N2.2C3H8N.Ni/c1-7-12-17-19-21-23-25-27-29-31-33-35-37-39-41-43-45-47-55-67(53-14-9-3)62-64-69-57-49-51-60-72(69)74-66(6)71(59-16-11-5)75(77(74)76)73-61-52-50-58-70(73)65-63-68(54-15-10-4)56-48-46-44-42-40-38-36-34-32-30-28-26-24-22-20-18-13-8-2;2*1-3-4-2;/h45-52,57-58,60-61,67-68H,7-44,53-56,59,62-65H2,1-6H3;2*3H2,1-2H3;/q;2*-1;+2. The maximum atomic E-state index is 12.6. The van der Waals surface area contributed by atoms with Gasteiger partial charge >= 0.3 is 16.5 Å². The predicted octanol–water partition coefficient (Wildman–Crippen LogP) is 28.0. The van der Waals surface area contributed by atoms with Gasteiger partial charge in [-0.3, -0.25) is 0 Å². The molecule has 0 saturated heterocycles. The molecule has 0 N–H and O–H groups in total. The van der Waals surface area contributed by atoms with Crippen LogP contribution in [0.3, 0.4) is 0 Å². The molecule has 2 unspecified atom stereocenters. The van der Waals surface area contributed by atoms with Gasteiger partial charge in [-0.1, -0.05) is 334 Å². The molecule has 496 valence electrons. The molecule has 4 nitrogen and oxygen atoms in total. The fraction of sp³-hybridized carbons (Fsp3) is 0.753. The summed E-state index contributed by atoms with van der Waals surface area (Å²) in [6.45, 7) is 19.8. The third-order valence-electron chi connectivity index (χ3n) is 18.3. The zero-order valence-corrected chi connectivity index (χ0v) is 59.8. The van der Waals surface area contributed by atoms with Crippen LogP contribution in [0.25, 0.3) is 27.6 Å². The van der Waals surface area contributed by atoms with Crippen LogP contribution < -0.4 is 0 Å². The summed E-state index contributed by atoms with van der Waals surface area (Å²) in [5.74, 6) is 1.39. The van der Waals surface area contributed by atoms with Gasteiger partial charge in [0.05, 0.1) is 0 Å². The van der Waals surface area contributed by atoms with E-state index in [0.29, 0.717) is 11.8 Å². The number of aryl methyl sites for hydroxylation is 2. The molecule has 3 rings (SSSR count). The second-order valence-corrected chi connectivity index (χ2v) is 25.8. The molecule has 1 aliphatic rings. The maximum Gasteiger partial charge on any atom is 2.00 e. The molecule has 2 aromatic carbocycles. The van der Waals surface area contributed by atoms with Crippen LogP contribution in [0, 0.1) is 11.8 Å². The molecule has 5 heteroatoms. The summed E-state index contributed by atoms with van der Waals surface area (Å²) in [5, 5.41) is 7.47. The largest absolute Gasteiger partial charge is 2.00 e. The molecule has 0 bridgehead atoms. The Kier molecular flexibility index (Phi) is 60.7. The van der Waals surface area contributed by atoms with E-state index in [9.17, 15) is 5.53 Å². The maximum absolute atomic E-state index is 12.6. The van der Waals surface area contributed by atoms with Crippen molar-refractivity contribution in [2.45, 2.75) is 357 Å². The van der Waals surface area contributed by atoms with Crippen LogP contribution in [0.4, 0.5) is 0 Å². The first-order valence-electron chi connectivity index (χ1n) is 37.3. The summed E-state index contributed by atoms with van der Waals surface area (Å²) < 4.78 is 1.63. The van der Waals surface area contributed by atoms with Crippen molar-refractivity contribution in [2.24, 2.45) is 11.8 Å². The smallest absolute Gasteiger partial charge is 0.665 e. The number of allylic oxidation sites excluding steroid dienone is 6. The fourth-order valence-corrected chi connectivity index (χ4v) is 12.5. The van der Waals surface area contributed by atoms with Gasteiger partial charge in [-0.05, 0) is 119 Å². The molecule has 2 atom stereocenters. The molecule has 0 aromatic heterocycles.